The lowest BCUT2D eigenvalue weighted by molar-refractivity contribution is -0.386. The quantitative estimate of drug-likeness (QED) is 0.652. The number of nitrogens with zero attached hydrogens (tertiary/aromatic N) is 2. The smallest absolute Gasteiger partial charge is 0.311 e. The molecular formula is C12H13N3O4. The summed E-state index contributed by atoms with van der Waals surface area (Å²) < 4.78 is 10.3. The molecule has 0 aliphatic carbocycles. The van der Waals surface area contributed by atoms with Crippen molar-refractivity contribution < 1.29 is 14.2 Å². The van der Waals surface area contributed by atoms with Crippen molar-refractivity contribution in [3.8, 4) is 5.75 Å². The number of ether oxygens (including phenoxy) is 1. The zero-order chi connectivity index (χ0) is 13.8. The van der Waals surface area contributed by atoms with Gasteiger partial charge in [-0.2, -0.15) is 0 Å². The Bertz CT molecular complexity index is 594. The lowest BCUT2D eigenvalue weighted by Crippen LogP contribution is -2.02. The van der Waals surface area contributed by atoms with Crippen LogP contribution in [0.3, 0.4) is 0 Å². The van der Waals surface area contributed by atoms with Crippen LogP contribution in [-0.2, 0) is 13.2 Å². The van der Waals surface area contributed by atoms with E-state index in [9.17, 15) is 10.1 Å². The van der Waals surface area contributed by atoms with Gasteiger partial charge in [-0.05, 0) is 18.6 Å². The van der Waals surface area contributed by atoms with Gasteiger partial charge in [-0.1, -0.05) is 11.2 Å². The Balaban J connectivity index is 2.17. The molecule has 0 aliphatic heterocycles. The molecular weight excluding hydrogens is 250 g/mol. The van der Waals surface area contributed by atoms with Crippen molar-refractivity contribution in [3.63, 3.8) is 0 Å². The fourth-order valence-corrected chi connectivity index (χ4v) is 1.59. The van der Waals surface area contributed by atoms with Crippen molar-refractivity contribution >= 4 is 5.69 Å². The van der Waals surface area contributed by atoms with E-state index in [1.54, 1.807) is 19.1 Å². The fourth-order valence-electron chi connectivity index (χ4n) is 1.59. The summed E-state index contributed by atoms with van der Waals surface area (Å²) in [5, 5.41) is 14.7. The Morgan fingerprint density at radius 2 is 2.26 bits per heavy atom. The van der Waals surface area contributed by atoms with Gasteiger partial charge in [0.05, 0.1) is 4.92 Å². The van der Waals surface area contributed by atoms with Gasteiger partial charge in [-0.15, -0.1) is 0 Å². The molecule has 0 atom stereocenters. The molecule has 0 saturated heterocycles. The van der Waals surface area contributed by atoms with Crippen LogP contribution in [0.1, 0.15) is 17.0 Å². The number of rotatable bonds is 5. The van der Waals surface area contributed by atoms with Crippen LogP contribution in [0.4, 0.5) is 5.69 Å². The van der Waals surface area contributed by atoms with E-state index in [1.165, 1.54) is 12.1 Å². The van der Waals surface area contributed by atoms with Gasteiger partial charge in [0.1, 0.15) is 18.1 Å². The van der Waals surface area contributed by atoms with Gasteiger partial charge in [0, 0.05) is 18.7 Å². The molecule has 0 bridgehead atoms. The number of nitro groups is 1. The van der Waals surface area contributed by atoms with Gasteiger partial charge in [0.2, 0.25) is 0 Å². The Hall–Kier alpha value is -2.41. The van der Waals surface area contributed by atoms with Crippen LogP contribution in [0.15, 0.2) is 28.8 Å². The highest BCUT2D eigenvalue weighted by Gasteiger charge is 2.16. The van der Waals surface area contributed by atoms with E-state index in [0.717, 1.165) is 0 Å². The first-order valence-corrected chi connectivity index (χ1v) is 5.62. The molecule has 100 valence electrons. The minimum Gasteiger partial charge on any atom is -0.480 e. The molecule has 2 N–H and O–H groups in total. The van der Waals surface area contributed by atoms with Gasteiger partial charge >= 0.3 is 5.69 Å². The molecule has 0 spiro atoms. The monoisotopic (exact) mass is 263 g/mol. The molecule has 7 heteroatoms. The molecule has 0 amide bonds. The summed E-state index contributed by atoms with van der Waals surface area (Å²) in [6, 6.07) is 6.34. The van der Waals surface area contributed by atoms with Gasteiger partial charge in [-0.3, -0.25) is 10.1 Å². The van der Waals surface area contributed by atoms with Crippen LogP contribution in [0.2, 0.25) is 0 Å². The Kier molecular flexibility index (Phi) is 3.76. The predicted octanol–water partition coefficient (Wildman–Crippen LogP) is 1.93. The first-order chi connectivity index (χ1) is 9.10. The number of aryl methyl sites for hydroxylation is 1. The lowest BCUT2D eigenvalue weighted by atomic mass is 10.2. The maximum atomic E-state index is 11.0. The minimum absolute atomic E-state index is 0.108. The SMILES string of the molecule is Cc1cc(COc2ccc(CN)cc2[N+](=O)[O-])no1. The average Bonchev–Trinajstić information content (AvgIpc) is 2.82. The summed E-state index contributed by atoms with van der Waals surface area (Å²) in [6.07, 6.45) is 0. The summed E-state index contributed by atoms with van der Waals surface area (Å²) in [6.45, 7) is 2.11. The molecule has 2 rings (SSSR count). The second kappa shape index (κ2) is 5.49. The summed E-state index contributed by atoms with van der Waals surface area (Å²) in [7, 11) is 0. The first kappa shape index (κ1) is 13.0. The Morgan fingerprint density at radius 1 is 1.47 bits per heavy atom. The van der Waals surface area contributed by atoms with E-state index < -0.39 is 4.92 Å². The van der Waals surface area contributed by atoms with E-state index in [4.69, 9.17) is 15.0 Å². The topological polar surface area (TPSA) is 104 Å². The molecule has 0 aliphatic rings. The molecule has 1 aromatic heterocycles. The second-order valence-electron chi connectivity index (χ2n) is 3.98. The third-order valence-electron chi connectivity index (χ3n) is 2.51. The Labute approximate surface area is 109 Å². The van der Waals surface area contributed by atoms with Gasteiger partial charge in [0.25, 0.3) is 0 Å². The van der Waals surface area contributed by atoms with Crippen LogP contribution in [-0.4, -0.2) is 10.1 Å². The third kappa shape index (κ3) is 3.08. The van der Waals surface area contributed by atoms with Crippen LogP contribution < -0.4 is 10.5 Å². The molecule has 2 aromatic rings. The summed E-state index contributed by atoms with van der Waals surface area (Å²) in [5.41, 5.74) is 6.60. The molecule has 0 fully saturated rings. The fraction of sp³-hybridized carbons (Fsp3) is 0.250. The lowest BCUT2D eigenvalue weighted by Gasteiger charge is -2.06. The van der Waals surface area contributed by atoms with Crippen LogP contribution in [0, 0.1) is 17.0 Å². The third-order valence-corrected chi connectivity index (χ3v) is 2.51. The van der Waals surface area contributed by atoms with Crippen LogP contribution >= 0.6 is 0 Å². The maximum absolute atomic E-state index is 11.0. The normalized spacial score (nSPS) is 10.4. The average molecular weight is 263 g/mol. The largest absolute Gasteiger partial charge is 0.480 e. The molecule has 0 saturated carbocycles. The van der Waals surface area contributed by atoms with Gasteiger partial charge in [0.15, 0.2) is 5.75 Å². The summed E-state index contributed by atoms with van der Waals surface area (Å²) >= 11 is 0. The van der Waals surface area contributed by atoms with Gasteiger partial charge < -0.3 is 15.0 Å². The molecule has 19 heavy (non-hydrogen) atoms. The van der Waals surface area contributed by atoms with Crippen molar-refractivity contribution in [1.29, 1.82) is 0 Å². The number of nitro benzene ring substituents is 1. The zero-order valence-corrected chi connectivity index (χ0v) is 10.3. The van der Waals surface area contributed by atoms with E-state index in [2.05, 4.69) is 5.16 Å². The number of nitrogens with two attached hydrogens (primary N) is 1. The van der Waals surface area contributed by atoms with Crippen molar-refractivity contribution in [2.75, 3.05) is 0 Å². The molecule has 1 aromatic carbocycles. The summed E-state index contributed by atoms with van der Waals surface area (Å²) in [4.78, 5) is 10.5. The van der Waals surface area contributed by atoms with Crippen LogP contribution in [0.25, 0.3) is 0 Å². The van der Waals surface area contributed by atoms with E-state index in [-0.39, 0.29) is 24.6 Å². The van der Waals surface area contributed by atoms with Crippen molar-refractivity contribution in [3.05, 3.63) is 51.4 Å². The van der Waals surface area contributed by atoms with Crippen LogP contribution in [0.5, 0.6) is 5.75 Å². The van der Waals surface area contributed by atoms with E-state index >= 15 is 0 Å². The van der Waals surface area contributed by atoms with Crippen molar-refractivity contribution in [1.82, 2.24) is 5.16 Å². The number of aromatic nitrogens is 1. The number of hydrogen-bond donors (Lipinski definition) is 1. The van der Waals surface area contributed by atoms with Crippen molar-refractivity contribution in [2.24, 2.45) is 5.73 Å². The maximum Gasteiger partial charge on any atom is 0.311 e. The second-order valence-corrected chi connectivity index (χ2v) is 3.98. The van der Waals surface area contributed by atoms with Crippen molar-refractivity contribution in [2.45, 2.75) is 20.1 Å². The summed E-state index contributed by atoms with van der Waals surface area (Å²) in [5.74, 6) is 0.842. The van der Waals surface area contributed by atoms with Gasteiger partial charge in [-0.25, -0.2) is 0 Å². The number of hydrogen-bond acceptors (Lipinski definition) is 6. The highest BCUT2D eigenvalue weighted by molar-refractivity contribution is 5.48. The minimum atomic E-state index is -0.497. The number of benzene rings is 1. The highest BCUT2D eigenvalue weighted by atomic mass is 16.6. The predicted molar refractivity (Wildman–Crippen MR) is 66.6 cm³/mol. The standard InChI is InChI=1S/C12H13N3O4/c1-8-4-10(14-19-8)7-18-12-3-2-9(6-13)5-11(12)15(16)17/h2-5H,6-7,13H2,1H3. The Morgan fingerprint density at radius 3 is 2.84 bits per heavy atom. The van der Waals surface area contributed by atoms with E-state index in [0.29, 0.717) is 17.0 Å². The highest BCUT2D eigenvalue weighted by Crippen LogP contribution is 2.28. The van der Waals surface area contributed by atoms with E-state index in [1.807, 2.05) is 0 Å². The molecule has 0 radical (unpaired) electrons. The molecule has 1 heterocycles. The molecule has 7 nitrogen and oxygen atoms in total. The first-order valence-electron chi connectivity index (χ1n) is 5.62. The zero-order valence-electron chi connectivity index (χ0n) is 10.3. The molecule has 0 unspecified atom stereocenters.